The van der Waals surface area contributed by atoms with Gasteiger partial charge in [0.05, 0.1) is 34.7 Å². The molecule has 11 heteroatoms. The number of phenolic OH excluding ortho intramolecular Hbond substituents is 1. The quantitative estimate of drug-likeness (QED) is 0.151. The lowest BCUT2D eigenvalue weighted by molar-refractivity contribution is -0.117. The molecule has 0 aliphatic carbocycles. The molecule has 0 atom stereocenters. The van der Waals surface area contributed by atoms with Gasteiger partial charge in [-0.3, -0.25) is 0 Å². The van der Waals surface area contributed by atoms with Gasteiger partial charge in [-0.25, -0.2) is 9.97 Å². The molecule has 0 saturated carbocycles. The summed E-state index contributed by atoms with van der Waals surface area (Å²) < 4.78 is 19.1. The van der Waals surface area contributed by atoms with Crippen molar-refractivity contribution in [2.45, 2.75) is 39.5 Å². The summed E-state index contributed by atoms with van der Waals surface area (Å²) in [5.41, 5.74) is 3.95. The zero-order valence-corrected chi connectivity index (χ0v) is 28.9. The van der Waals surface area contributed by atoms with Crippen molar-refractivity contribution in [1.29, 1.82) is 0 Å². The van der Waals surface area contributed by atoms with Crippen LogP contribution in [0.2, 0.25) is 4.47 Å². The molecule has 244 valence electrons. The average molecular weight is 691 g/mol. The first kappa shape index (κ1) is 35.3. The third-order valence-corrected chi connectivity index (χ3v) is 8.80. The molecular weight excluding hydrogens is 656 g/mol. The molecule has 0 fully saturated rings. The number of fused-ring (bicyclic) bond motifs is 2. The van der Waals surface area contributed by atoms with Crippen LogP contribution in [-0.2, 0) is 22.4 Å². The van der Waals surface area contributed by atoms with Crippen LogP contribution < -0.4 is 14.2 Å². The Morgan fingerprint density at radius 3 is 1.79 bits per heavy atom. The van der Waals surface area contributed by atoms with Crippen LogP contribution in [0.15, 0.2) is 84.9 Å². The van der Waals surface area contributed by atoms with Gasteiger partial charge in [0.25, 0.3) is 5.19 Å². The molecule has 0 unspecified atom stereocenters. The molecule has 0 bridgehead atoms. The lowest BCUT2D eigenvalue weighted by Crippen LogP contribution is -1.96. The fourth-order valence-electron chi connectivity index (χ4n) is 4.30. The van der Waals surface area contributed by atoms with Gasteiger partial charge < -0.3 is 28.9 Å². The van der Waals surface area contributed by atoms with E-state index in [1.807, 2.05) is 66.7 Å². The number of benzene rings is 4. The number of rotatable bonds is 10. The van der Waals surface area contributed by atoms with Gasteiger partial charge in [-0.15, -0.1) is 11.3 Å². The zero-order chi connectivity index (χ0) is 33.8. The Morgan fingerprint density at radius 2 is 1.23 bits per heavy atom. The van der Waals surface area contributed by atoms with Crippen LogP contribution in [0.4, 0.5) is 0 Å². The lowest BCUT2D eigenvalue weighted by atomic mass is 10.1. The molecule has 1 N–H and O–H groups in total. The van der Waals surface area contributed by atoms with Gasteiger partial charge >= 0.3 is 0 Å². The number of hydrogen-bond acceptors (Lipinski definition) is 10. The summed E-state index contributed by atoms with van der Waals surface area (Å²) in [6.45, 7) is 3.17. The second-order valence-corrected chi connectivity index (χ2v) is 13.0. The van der Waals surface area contributed by atoms with Gasteiger partial charge in [-0.2, -0.15) is 0 Å². The summed E-state index contributed by atoms with van der Waals surface area (Å²) in [5, 5.41) is 9.90. The van der Waals surface area contributed by atoms with Crippen LogP contribution >= 0.6 is 34.3 Å². The highest BCUT2D eigenvalue weighted by molar-refractivity contribution is 7.22. The number of aromatic nitrogens is 2. The number of thiazole rings is 2. The first-order valence-electron chi connectivity index (χ1n) is 14.7. The van der Waals surface area contributed by atoms with Crippen LogP contribution in [0.1, 0.15) is 37.8 Å². The Hall–Kier alpha value is -4.51. The normalized spacial score (nSPS) is 10.4. The van der Waals surface area contributed by atoms with Crippen molar-refractivity contribution in [2.24, 2.45) is 0 Å². The summed E-state index contributed by atoms with van der Waals surface area (Å²) in [6.07, 6.45) is 2.44. The summed E-state index contributed by atoms with van der Waals surface area (Å²) in [4.78, 5) is 30.4. The highest BCUT2D eigenvalue weighted by atomic mass is 35.5. The third-order valence-electron chi connectivity index (χ3n) is 6.74. The Bertz CT molecular complexity index is 1890. The van der Waals surface area contributed by atoms with Gasteiger partial charge in [0, 0.05) is 12.8 Å². The van der Waals surface area contributed by atoms with E-state index in [0.29, 0.717) is 52.6 Å². The number of carbonyl (C=O) groups excluding carboxylic acids is 2. The molecule has 0 saturated heterocycles. The topological polar surface area (TPSA) is 108 Å². The summed E-state index contributed by atoms with van der Waals surface area (Å²) in [6, 6.07) is 26.7. The number of halogens is 1. The fraction of sp³-hybridized carbons (Fsp3) is 0.222. The minimum absolute atomic E-state index is 0.124. The molecule has 2 heterocycles. The smallest absolute Gasteiger partial charge is 0.279 e. The van der Waals surface area contributed by atoms with Crippen molar-refractivity contribution in [3.63, 3.8) is 0 Å². The molecule has 0 radical (unpaired) electrons. The Balaban J connectivity index is 0.000000176. The van der Waals surface area contributed by atoms with Crippen molar-refractivity contribution in [1.82, 2.24) is 9.97 Å². The number of para-hydroxylation sites is 2. The number of phenols is 1. The van der Waals surface area contributed by atoms with Gasteiger partial charge in [0.15, 0.2) is 27.5 Å². The van der Waals surface area contributed by atoms with Crippen molar-refractivity contribution in [3.05, 3.63) is 101 Å². The fourth-order valence-corrected chi connectivity index (χ4v) is 6.16. The van der Waals surface area contributed by atoms with E-state index in [-0.39, 0.29) is 17.3 Å². The molecule has 4 aromatic carbocycles. The summed E-state index contributed by atoms with van der Waals surface area (Å²) in [5.74, 6) is 2.18. The number of carbonyl (C=O) groups is 2. The molecule has 2 aromatic heterocycles. The predicted octanol–water partition coefficient (Wildman–Crippen LogP) is 9.49. The number of methoxy groups -OCH3 is 2. The van der Waals surface area contributed by atoms with Crippen molar-refractivity contribution in [2.75, 3.05) is 14.2 Å². The zero-order valence-electron chi connectivity index (χ0n) is 26.5. The maximum Gasteiger partial charge on any atom is 0.279 e. The number of ketones is 2. The highest BCUT2D eigenvalue weighted by Crippen LogP contribution is 2.36. The molecule has 0 aliphatic heterocycles. The monoisotopic (exact) mass is 690 g/mol. The van der Waals surface area contributed by atoms with Crippen molar-refractivity contribution < 1.29 is 28.9 Å². The largest absolute Gasteiger partial charge is 0.504 e. The number of aryl methyl sites for hydroxylation is 2. The van der Waals surface area contributed by atoms with Crippen LogP contribution in [-0.4, -0.2) is 40.9 Å². The Labute approximate surface area is 286 Å². The summed E-state index contributed by atoms with van der Waals surface area (Å²) in [7, 11) is 3.11. The first-order valence-corrected chi connectivity index (χ1v) is 16.7. The van der Waals surface area contributed by atoms with Crippen molar-refractivity contribution in [3.8, 4) is 28.2 Å². The average Bonchev–Trinajstić information content (AvgIpc) is 3.66. The third kappa shape index (κ3) is 10.8. The minimum atomic E-state index is 0.124. The van der Waals surface area contributed by atoms with Crippen LogP contribution in [0.5, 0.6) is 28.2 Å². The lowest BCUT2D eigenvalue weighted by Gasteiger charge is -2.10. The Kier molecular flexibility index (Phi) is 13.1. The van der Waals surface area contributed by atoms with Crippen molar-refractivity contribution >= 4 is 66.3 Å². The van der Waals surface area contributed by atoms with Gasteiger partial charge in [0.2, 0.25) is 0 Å². The molecule has 0 spiro atoms. The van der Waals surface area contributed by atoms with E-state index >= 15 is 0 Å². The molecule has 0 amide bonds. The Morgan fingerprint density at radius 1 is 0.702 bits per heavy atom. The standard InChI is InChI=1S/C18H17NO3S.C11H14O3.C7H4ClNS/c1-12(20)7-8-13-9-10-15(16(11-13)21-2)22-18-19-14-5-3-4-6-17(14)23-18;1-8(12)3-4-9-5-6-10(13)11(7-9)14-2;8-7-9-5-3-1-2-4-6(5)10-7/h3-6,9-11H,7-8H2,1-2H3;5-7,13H,3-4H2,1-2H3;1-4H. The van der Waals surface area contributed by atoms with Crippen LogP contribution in [0, 0.1) is 0 Å². The first-order chi connectivity index (χ1) is 22.6. The molecule has 47 heavy (non-hydrogen) atoms. The number of ether oxygens (including phenoxy) is 3. The highest BCUT2D eigenvalue weighted by Gasteiger charge is 2.11. The number of nitrogens with zero attached hydrogens (tertiary/aromatic N) is 2. The van der Waals surface area contributed by atoms with E-state index in [1.54, 1.807) is 39.2 Å². The van der Waals surface area contributed by atoms with E-state index in [2.05, 4.69) is 9.97 Å². The van der Waals surface area contributed by atoms with Crippen LogP contribution in [0.3, 0.4) is 0 Å². The van der Waals surface area contributed by atoms with E-state index in [4.69, 9.17) is 25.8 Å². The molecular formula is C36H35ClN2O6S2. The number of aromatic hydroxyl groups is 1. The second kappa shape index (κ2) is 17.4. The van der Waals surface area contributed by atoms with Crippen LogP contribution in [0.25, 0.3) is 20.4 Å². The van der Waals surface area contributed by atoms with E-state index in [1.165, 1.54) is 29.8 Å². The van der Waals surface area contributed by atoms with Gasteiger partial charge in [0.1, 0.15) is 11.6 Å². The molecule has 0 aliphatic rings. The number of Topliss-reactive ketones (excluding diaryl/α,β-unsaturated/α-hetero) is 2. The van der Waals surface area contributed by atoms with Gasteiger partial charge in [-0.05, 0) is 86.3 Å². The van der Waals surface area contributed by atoms with E-state index < -0.39 is 0 Å². The maximum absolute atomic E-state index is 11.1. The summed E-state index contributed by atoms with van der Waals surface area (Å²) >= 11 is 8.69. The molecule has 6 aromatic rings. The maximum atomic E-state index is 11.1. The molecule has 6 rings (SSSR count). The SMILES string of the molecule is COc1cc(CCC(C)=O)ccc1O.COc1cc(CCC(C)=O)ccc1Oc1nc2ccccc2s1.Clc1nc2ccccc2s1. The second-order valence-electron chi connectivity index (χ2n) is 10.4. The van der Waals surface area contributed by atoms with E-state index in [0.717, 1.165) is 31.6 Å². The predicted molar refractivity (Wildman–Crippen MR) is 190 cm³/mol. The molecule has 8 nitrogen and oxygen atoms in total. The number of hydrogen-bond donors (Lipinski definition) is 1. The minimum Gasteiger partial charge on any atom is -0.504 e. The van der Waals surface area contributed by atoms with E-state index in [9.17, 15) is 14.7 Å². The van der Waals surface area contributed by atoms with Gasteiger partial charge in [-0.1, -0.05) is 59.3 Å².